The molecule has 7 heteroatoms. The van der Waals surface area contributed by atoms with Crippen molar-refractivity contribution < 1.29 is 13.2 Å². The molecule has 0 aliphatic carbocycles. The molecule has 0 fully saturated rings. The third-order valence-electron chi connectivity index (χ3n) is 3.55. The monoisotopic (exact) mass is 369 g/mol. The molecule has 114 valence electrons. The van der Waals surface area contributed by atoms with Crippen molar-refractivity contribution in [1.82, 2.24) is 9.78 Å². The number of anilines is 1. The fourth-order valence-electron chi connectivity index (χ4n) is 2.33. The Morgan fingerprint density at radius 2 is 1.73 bits per heavy atom. The number of aromatic nitrogens is 2. The Labute approximate surface area is 132 Å². The Morgan fingerprint density at radius 1 is 1.09 bits per heavy atom. The largest absolute Gasteiger partial charge is 0.416 e. The molecule has 3 aromatic rings. The van der Waals surface area contributed by atoms with E-state index in [0.717, 1.165) is 28.6 Å². The molecule has 1 aromatic heterocycles. The number of alkyl halides is 3. The predicted molar refractivity (Wildman–Crippen MR) is 82.9 cm³/mol. The summed E-state index contributed by atoms with van der Waals surface area (Å²) >= 11 is 3.38. The number of hydrogen-bond acceptors (Lipinski definition) is 2. The highest BCUT2D eigenvalue weighted by Crippen LogP contribution is 2.33. The average Bonchev–Trinajstić information content (AvgIpc) is 2.80. The molecule has 0 unspecified atom stereocenters. The molecule has 0 saturated heterocycles. The van der Waals surface area contributed by atoms with Gasteiger partial charge < -0.3 is 5.73 Å². The molecular formula is C15H11BrF3N3. The third kappa shape index (κ3) is 2.35. The van der Waals surface area contributed by atoms with Crippen molar-refractivity contribution in [2.45, 2.75) is 13.1 Å². The Bertz CT molecular complexity index is 851. The predicted octanol–water partition coefficient (Wildman–Crippen LogP) is 4.70. The summed E-state index contributed by atoms with van der Waals surface area (Å²) < 4.78 is 40.1. The second kappa shape index (κ2) is 5.01. The van der Waals surface area contributed by atoms with Gasteiger partial charge in [0.2, 0.25) is 0 Å². The van der Waals surface area contributed by atoms with Gasteiger partial charge in [-0.2, -0.15) is 18.3 Å². The van der Waals surface area contributed by atoms with Gasteiger partial charge in [-0.3, -0.25) is 0 Å². The number of nitrogens with zero attached hydrogens (tertiary/aromatic N) is 2. The maximum Gasteiger partial charge on any atom is 0.416 e. The van der Waals surface area contributed by atoms with Crippen LogP contribution in [0.15, 0.2) is 41.0 Å². The molecule has 0 spiro atoms. The summed E-state index contributed by atoms with van der Waals surface area (Å²) in [5.74, 6) is 0. The van der Waals surface area contributed by atoms with Crippen molar-refractivity contribution in [1.29, 1.82) is 0 Å². The lowest BCUT2D eigenvalue weighted by Gasteiger charge is -2.09. The molecule has 0 saturated carbocycles. The Balaban J connectivity index is 2.17. The SMILES string of the molecule is Cc1c(N)ccc2c1c(Br)nn2-c1ccc(C(F)(F)F)cc1. The van der Waals surface area contributed by atoms with Crippen molar-refractivity contribution in [3.8, 4) is 5.69 Å². The van der Waals surface area contributed by atoms with Crippen molar-refractivity contribution in [2.24, 2.45) is 0 Å². The van der Waals surface area contributed by atoms with Gasteiger partial charge in [0, 0.05) is 11.1 Å². The molecule has 2 N–H and O–H groups in total. The second-order valence-electron chi connectivity index (χ2n) is 4.92. The summed E-state index contributed by atoms with van der Waals surface area (Å²) in [4.78, 5) is 0. The zero-order chi connectivity index (χ0) is 16.1. The number of benzene rings is 2. The molecule has 2 aromatic carbocycles. The zero-order valence-corrected chi connectivity index (χ0v) is 13.0. The van der Waals surface area contributed by atoms with E-state index in [0.29, 0.717) is 16.0 Å². The molecule has 0 aliphatic rings. The highest BCUT2D eigenvalue weighted by molar-refractivity contribution is 9.10. The van der Waals surface area contributed by atoms with Crippen LogP contribution in [0.2, 0.25) is 0 Å². The van der Waals surface area contributed by atoms with Crippen LogP contribution in [-0.4, -0.2) is 9.78 Å². The normalized spacial score (nSPS) is 12.0. The first-order chi connectivity index (χ1) is 10.3. The van der Waals surface area contributed by atoms with Crippen LogP contribution in [0.5, 0.6) is 0 Å². The van der Waals surface area contributed by atoms with Gasteiger partial charge in [0.1, 0.15) is 4.60 Å². The molecule has 22 heavy (non-hydrogen) atoms. The number of hydrogen-bond donors (Lipinski definition) is 1. The summed E-state index contributed by atoms with van der Waals surface area (Å²) in [6.45, 7) is 1.88. The van der Waals surface area contributed by atoms with E-state index in [4.69, 9.17) is 5.73 Å². The van der Waals surface area contributed by atoms with Crippen LogP contribution in [0.25, 0.3) is 16.6 Å². The molecule has 1 heterocycles. The lowest BCUT2D eigenvalue weighted by Crippen LogP contribution is -2.05. The van der Waals surface area contributed by atoms with Gasteiger partial charge in [0.25, 0.3) is 0 Å². The summed E-state index contributed by atoms with van der Waals surface area (Å²) in [5.41, 5.74) is 8.04. The van der Waals surface area contributed by atoms with Crippen LogP contribution in [0.1, 0.15) is 11.1 Å². The molecule has 0 amide bonds. The van der Waals surface area contributed by atoms with E-state index in [1.165, 1.54) is 12.1 Å². The van der Waals surface area contributed by atoms with Crippen molar-refractivity contribution in [3.63, 3.8) is 0 Å². The first kappa shape index (κ1) is 14.9. The number of aryl methyl sites for hydroxylation is 1. The maximum absolute atomic E-state index is 12.6. The van der Waals surface area contributed by atoms with Crippen LogP contribution < -0.4 is 5.73 Å². The summed E-state index contributed by atoms with van der Waals surface area (Å²) in [6.07, 6.45) is -4.35. The number of nitrogens with two attached hydrogens (primary N) is 1. The van der Waals surface area contributed by atoms with E-state index in [1.807, 2.05) is 6.92 Å². The van der Waals surface area contributed by atoms with E-state index in [2.05, 4.69) is 21.0 Å². The molecule has 0 radical (unpaired) electrons. The van der Waals surface area contributed by atoms with Crippen molar-refractivity contribution >= 4 is 32.5 Å². The van der Waals surface area contributed by atoms with Crippen molar-refractivity contribution in [2.75, 3.05) is 5.73 Å². The Kier molecular flexibility index (Phi) is 3.40. The molecule has 3 nitrogen and oxygen atoms in total. The zero-order valence-electron chi connectivity index (χ0n) is 11.4. The topological polar surface area (TPSA) is 43.8 Å². The van der Waals surface area contributed by atoms with Gasteiger partial charge in [-0.05, 0) is 64.8 Å². The van der Waals surface area contributed by atoms with Gasteiger partial charge in [-0.1, -0.05) is 0 Å². The molecule has 0 bridgehead atoms. The van der Waals surface area contributed by atoms with Gasteiger partial charge in [-0.15, -0.1) is 0 Å². The number of halogens is 4. The minimum Gasteiger partial charge on any atom is -0.398 e. The van der Waals surface area contributed by atoms with Crippen LogP contribution in [0.3, 0.4) is 0 Å². The Hall–Kier alpha value is -2.02. The first-order valence-electron chi connectivity index (χ1n) is 6.40. The lowest BCUT2D eigenvalue weighted by molar-refractivity contribution is -0.137. The fourth-order valence-corrected chi connectivity index (χ4v) is 2.99. The maximum atomic E-state index is 12.6. The first-order valence-corrected chi connectivity index (χ1v) is 7.19. The standard InChI is InChI=1S/C15H11BrF3N3/c1-8-11(20)6-7-12-13(8)14(16)21-22(12)10-4-2-9(3-5-10)15(17,18)19/h2-7H,20H2,1H3. The van der Waals surface area contributed by atoms with Crippen LogP contribution in [0.4, 0.5) is 18.9 Å². The van der Waals surface area contributed by atoms with Gasteiger partial charge >= 0.3 is 6.18 Å². The van der Waals surface area contributed by atoms with Gasteiger partial charge in [-0.25, -0.2) is 4.68 Å². The smallest absolute Gasteiger partial charge is 0.398 e. The third-order valence-corrected chi connectivity index (χ3v) is 4.10. The summed E-state index contributed by atoms with van der Waals surface area (Å²) in [7, 11) is 0. The van der Waals surface area contributed by atoms with Crippen molar-refractivity contribution in [3.05, 3.63) is 52.1 Å². The van der Waals surface area contributed by atoms with Crippen LogP contribution in [-0.2, 0) is 6.18 Å². The quantitative estimate of drug-likeness (QED) is 0.632. The van der Waals surface area contributed by atoms with Crippen LogP contribution in [0, 0.1) is 6.92 Å². The van der Waals surface area contributed by atoms with Gasteiger partial charge in [0.15, 0.2) is 0 Å². The highest BCUT2D eigenvalue weighted by atomic mass is 79.9. The van der Waals surface area contributed by atoms with E-state index in [9.17, 15) is 13.2 Å². The number of nitrogen functional groups attached to an aromatic ring is 1. The molecule has 3 rings (SSSR count). The molecule has 0 aliphatic heterocycles. The van der Waals surface area contributed by atoms with Crippen LogP contribution >= 0.6 is 15.9 Å². The highest BCUT2D eigenvalue weighted by Gasteiger charge is 2.30. The van der Waals surface area contributed by atoms with E-state index >= 15 is 0 Å². The van der Waals surface area contributed by atoms with E-state index in [-0.39, 0.29) is 0 Å². The summed E-state index contributed by atoms with van der Waals surface area (Å²) in [6, 6.07) is 8.43. The van der Waals surface area contributed by atoms with E-state index < -0.39 is 11.7 Å². The molecule has 0 atom stereocenters. The van der Waals surface area contributed by atoms with E-state index in [1.54, 1.807) is 16.8 Å². The second-order valence-corrected chi connectivity index (χ2v) is 5.67. The number of rotatable bonds is 1. The number of fused-ring (bicyclic) bond motifs is 1. The Morgan fingerprint density at radius 3 is 2.32 bits per heavy atom. The average molecular weight is 370 g/mol. The molecular weight excluding hydrogens is 359 g/mol. The van der Waals surface area contributed by atoms with Gasteiger partial charge in [0.05, 0.1) is 16.8 Å². The minimum absolute atomic E-state index is 0.549. The minimum atomic E-state index is -4.35. The lowest BCUT2D eigenvalue weighted by atomic mass is 10.1. The fraction of sp³-hybridized carbons (Fsp3) is 0.133. The summed E-state index contributed by atoms with van der Waals surface area (Å²) in [5, 5.41) is 5.20.